The third kappa shape index (κ3) is 3.23. The highest BCUT2D eigenvalue weighted by atomic mass is 16.2. The molecule has 0 aromatic heterocycles. The van der Waals surface area contributed by atoms with Crippen molar-refractivity contribution in [3.63, 3.8) is 0 Å². The third-order valence-corrected chi connectivity index (χ3v) is 4.50. The van der Waals surface area contributed by atoms with Crippen LogP contribution in [0.1, 0.15) is 33.1 Å². The molecule has 0 atom stereocenters. The van der Waals surface area contributed by atoms with E-state index in [1.165, 1.54) is 12.8 Å². The largest absolute Gasteiger partial charge is 0.340 e. The Kier molecular flexibility index (Phi) is 4.62. The highest BCUT2D eigenvalue weighted by Crippen LogP contribution is 2.30. The van der Waals surface area contributed by atoms with Gasteiger partial charge in [-0.1, -0.05) is 0 Å². The maximum Gasteiger partial charge on any atom is 0.222 e. The minimum Gasteiger partial charge on any atom is -0.340 e. The first-order valence-corrected chi connectivity index (χ1v) is 7.29. The van der Waals surface area contributed by atoms with Gasteiger partial charge in [0.25, 0.3) is 0 Å². The molecule has 2 fully saturated rings. The van der Waals surface area contributed by atoms with Crippen LogP contribution in [0.4, 0.5) is 0 Å². The quantitative estimate of drug-likeness (QED) is 0.809. The summed E-state index contributed by atoms with van der Waals surface area (Å²) in [6.45, 7) is 8.35. The molecule has 1 N–H and O–H groups in total. The van der Waals surface area contributed by atoms with Crippen LogP contribution in [0.25, 0.3) is 0 Å². The molecule has 1 aliphatic carbocycles. The number of nitrogens with zero attached hydrogens (tertiary/aromatic N) is 2. The minimum atomic E-state index is 0.373. The van der Waals surface area contributed by atoms with Crippen molar-refractivity contribution in [3.05, 3.63) is 0 Å². The number of amides is 1. The van der Waals surface area contributed by atoms with Crippen LogP contribution in [0.2, 0.25) is 0 Å². The van der Waals surface area contributed by atoms with Crippen LogP contribution in [-0.4, -0.2) is 61.0 Å². The van der Waals surface area contributed by atoms with Gasteiger partial charge >= 0.3 is 0 Å². The van der Waals surface area contributed by atoms with Gasteiger partial charge in [-0.05, 0) is 39.7 Å². The van der Waals surface area contributed by atoms with E-state index in [4.69, 9.17) is 0 Å². The molecule has 0 unspecified atom stereocenters. The van der Waals surface area contributed by atoms with Gasteiger partial charge in [-0.2, -0.15) is 0 Å². The van der Waals surface area contributed by atoms with E-state index in [1.807, 2.05) is 7.05 Å². The molecule has 18 heavy (non-hydrogen) atoms. The molecule has 0 bridgehead atoms. The zero-order valence-corrected chi connectivity index (χ0v) is 12.0. The summed E-state index contributed by atoms with van der Waals surface area (Å²) in [6, 6.07) is 1.26. The summed E-state index contributed by atoms with van der Waals surface area (Å²) in [5.41, 5.74) is 0. The molecule has 0 aromatic carbocycles. The van der Waals surface area contributed by atoms with Gasteiger partial charge in [0.15, 0.2) is 0 Å². The van der Waals surface area contributed by atoms with Crippen LogP contribution in [-0.2, 0) is 4.79 Å². The lowest BCUT2D eigenvalue weighted by Crippen LogP contribution is -2.51. The van der Waals surface area contributed by atoms with E-state index < -0.39 is 0 Å². The van der Waals surface area contributed by atoms with E-state index in [2.05, 4.69) is 29.0 Å². The van der Waals surface area contributed by atoms with Crippen LogP contribution < -0.4 is 5.32 Å². The first kappa shape index (κ1) is 13.8. The molecular weight excluding hydrogens is 226 g/mol. The Morgan fingerprint density at radius 3 is 2.33 bits per heavy atom. The zero-order valence-electron chi connectivity index (χ0n) is 12.0. The Balaban J connectivity index is 1.68. The van der Waals surface area contributed by atoms with Gasteiger partial charge in [-0.25, -0.2) is 0 Å². The van der Waals surface area contributed by atoms with E-state index in [-0.39, 0.29) is 0 Å². The average Bonchev–Trinajstić information content (AvgIpc) is 2.33. The Morgan fingerprint density at radius 1 is 1.22 bits per heavy atom. The lowest BCUT2D eigenvalue weighted by atomic mass is 9.78. The van der Waals surface area contributed by atoms with Crippen LogP contribution in [0.3, 0.4) is 0 Å². The highest BCUT2D eigenvalue weighted by Gasteiger charge is 2.31. The summed E-state index contributed by atoms with van der Waals surface area (Å²) >= 11 is 0. The molecule has 1 saturated carbocycles. The summed E-state index contributed by atoms with van der Waals surface area (Å²) < 4.78 is 0. The second-order valence-corrected chi connectivity index (χ2v) is 6.04. The van der Waals surface area contributed by atoms with Crippen molar-refractivity contribution in [1.82, 2.24) is 15.1 Å². The second-order valence-electron chi connectivity index (χ2n) is 6.04. The predicted molar refractivity (Wildman–Crippen MR) is 73.5 cm³/mol. The van der Waals surface area contributed by atoms with Gasteiger partial charge in [0, 0.05) is 44.7 Å². The molecule has 4 nitrogen and oxygen atoms in total. The molecule has 1 aliphatic heterocycles. The number of piperazine rings is 1. The third-order valence-electron chi connectivity index (χ3n) is 4.50. The van der Waals surface area contributed by atoms with Gasteiger partial charge < -0.3 is 10.2 Å². The molecule has 0 aromatic rings. The van der Waals surface area contributed by atoms with Crippen molar-refractivity contribution in [2.75, 3.05) is 33.2 Å². The lowest BCUT2D eigenvalue weighted by Gasteiger charge is -2.39. The molecule has 104 valence electrons. The molecule has 0 spiro atoms. The number of hydrogen-bond donors (Lipinski definition) is 1. The molecule has 2 rings (SSSR count). The number of carbonyl (C=O) groups excluding carboxylic acids is 1. The normalized spacial score (nSPS) is 29.4. The van der Waals surface area contributed by atoms with Crippen molar-refractivity contribution < 1.29 is 4.79 Å². The smallest absolute Gasteiger partial charge is 0.222 e. The van der Waals surface area contributed by atoms with Crippen LogP contribution in [0.5, 0.6) is 0 Å². The highest BCUT2D eigenvalue weighted by molar-refractivity contribution is 5.76. The summed E-state index contributed by atoms with van der Waals surface area (Å²) in [5.74, 6) is 0.996. The maximum absolute atomic E-state index is 12.2. The van der Waals surface area contributed by atoms with E-state index in [1.54, 1.807) is 0 Å². The Hall–Kier alpha value is -0.610. The second kappa shape index (κ2) is 6.02. The molecule has 1 amide bonds. The number of carbonyl (C=O) groups is 1. The Labute approximate surface area is 111 Å². The minimum absolute atomic E-state index is 0.373. The zero-order chi connectivity index (χ0) is 13.1. The Morgan fingerprint density at radius 2 is 1.83 bits per heavy atom. The summed E-state index contributed by atoms with van der Waals surface area (Å²) in [4.78, 5) is 16.7. The standard InChI is InChI=1S/C14H27N3O/c1-11(2)16-4-6-17(7-5-16)14(18)10-12-8-13(9-12)15-3/h11-13,15H,4-10H2,1-3H3. The fourth-order valence-corrected chi connectivity index (χ4v) is 3.00. The van der Waals surface area contributed by atoms with Gasteiger partial charge in [0.2, 0.25) is 5.91 Å². The van der Waals surface area contributed by atoms with Crippen molar-refractivity contribution in [1.29, 1.82) is 0 Å². The molecule has 1 saturated heterocycles. The molecule has 1 heterocycles. The van der Waals surface area contributed by atoms with E-state index in [0.717, 1.165) is 32.6 Å². The fourth-order valence-electron chi connectivity index (χ4n) is 3.00. The molecule has 2 aliphatic rings. The molecule has 4 heteroatoms. The van der Waals surface area contributed by atoms with E-state index >= 15 is 0 Å². The van der Waals surface area contributed by atoms with Gasteiger partial charge in [0.05, 0.1) is 0 Å². The summed E-state index contributed by atoms with van der Waals surface area (Å²) in [5, 5.41) is 3.27. The average molecular weight is 253 g/mol. The number of rotatable bonds is 4. The first-order valence-electron chi connectivity index (χ1n) is 7.29. The first-order chi connectivity index (χ1) is 8.60. The molecular formula is C14H27N3O. The Bertz CT molecular complexity index is 279. The van der Waals surface area contributed by atoms with Crippen molar-refractivity contribution in [2.24, 2.45) is 5.92 Å². The van der Waals surface area contributed by atoms with Gasteiger partial charge in [0.1, 0.15) is 0 Å². The monoisotopic (exact) mass is 253 g/mol. The predicted octanol–water partition coefficient (Wildman–Crippen LogP) is 0.927. The van der Waals surface area contributed by atoms with Crippen molar-refractivity contribution in [2.45, 2.75) is 45.2 Å². The van der Waals surface area contributed by atoms with Gasteiger partial charge in [-0.3, -0.25) is 9.69 Å². The van der Waals surface area contributed by atoms with Crippen molar-refractivity contribution >= 4 is 5.91 Å². The number of nitrogens with one attached hydrogen (secondary N) is 1. The SMILES string of the molecule is CNC1CC(CC(=O)N2CCN(C(C)C)CC2)C1. The summed E-state index contributed by atoms with van der Waals surface area (Å²) in [6.07, 6.45) is 3.11. The van der Waals surface area contributed by atoms with Crippen molar-refractivity contribution in [3.8, 4) is 0 Å². The fraction of sp³-hybridized carbons (Fsp3) is 0.929. The number of hydrogen-bond acceptors (Lipinski definition) is 3. The summed E-state index contributed by atoms with van der Waals surface area (Å²) in [7, 11) is 2.01. The van der Waals surface area contributed by atoms with E-state index in [9.17, 15) is 4.79 Å². The maximum atomic E-state index is 12.2. The van der Waals surface area contributed by atoms with Crippen LogP contribution in [0, 0.1) is 5.92 Å². The lowest BCUT2D eigenvalue weighted by molar-refractivity contribution is -0.135. The van der Waals surface area contributed by atoms with E-state index in [0.29, 0.717) is 23.9 Å². The molecule has 0 radical (unpaired) electrons. The van der Waals surface area contributed by atoms with Gasteiger partial charge in [-0.15, -0.1) is 0 Å². The topological polar surface area (TPSA) is 35.6 Å². The van der Waals surface area contributed by atoms with Crippen LogP contribution >= 0.6 is 0 Å². The van der Waals surface area contributed by atoms with Crippen LogP contribution in [0.15, 0.2) is 0 Å².